The Morgan fingerprint density at radius 2 is 2.00 bits per heavy atom. The Bertz CT molecular complexity index is 451. The molecule has 2 atom stereocenters. The van der Waals surface area contributed by atoms with Crippen molar-refractivity contribution in [3.63, 3.8) is 0 Å². The van der Waals surface area contributed by atoms with Crippen molar-refractivity contribution in [1.29, 1.82) is 0 Å². The van der Waals surface area contributed by atoms with E-state index in [2.05, 4.69) is 26.0 Å². The smallest absolute Gasteiger partial charge is 0.330 e. The molecule has 0 fully saturated rings. The van der Waals surface area contributed by atoms with Crippen LogP contribution in [0.4, 0.5) is 0 Å². The Labute approximate surface area is 127 Å². The summed E-state index contributed by atoms with van der Waals surface area (Å²) in [5.74, 6) is -0.116. The molecule has 0 aliphatic heterocycles. The minimum absolute atomic E-state index is 0.302. The molecule has 0 heterocycles. The number of ether oxygens (including phenoxy) is 1. The molecule has 0 aromatic heterocycles. The molecule has 3 heteroatoms. The van der Waals surface area contributed by atoms with E-state index in [9.17, 15) is 4.79 Å². The first-order valence-corrected chi connectivity index (χ1v) is 7.56. The van der Waals surface area contributed by atoms with Crippen LogP contribution in [0.5, 0.6) is 0 Å². The van der Waals surface area contributed by atoms with Crippen molar-refractivity contribution in [1.82, 2.24) is 0 Å². The second-order valence-electron chi connectivity index (χ2n) is 5.66. The van der Waals surface area contributed by atoms with Crippen LogP contribution in [0.3, 0.4) is 0 Å². The highest BCUT2D eigenvalue weighted by molar-refractivity contribution is 5.85. The third kappa shape index (κ3) is 7.09. The van der Waals surface area contributed by atoms with E-state index < -0.39 is 5.97 Å². The Morgan fingerprint density at radius 3 is 2.57 bits per heavy atom. The largest absolute Gasteiger partial charge is 0.478 e. The number of aliphatic carboxylic acids is 1. The Kier molecular flexibility index (Phi) is 7.76. The van der Waals surface area contributed by atoms with Gasteiger partial charge in [-0.25, -0.2) is 4.79 Å². The molecule has 0 bridgehead atoms. The van der Waals surface area contributed by atoms with Gasteiger partial charge in [-0.15, -0.1) is 0 Å². The number of hydrogen-bond donors (Lipinski definition) is 1. The van der Waals surface area contributed by atoms with Crippen LogP contribution < -0.4 is 0 Å². The molecule has 0 saturated heterocycles. The van der Waals surface area contributed by atoms with Crippen LogP contribution in [0.2, 0.25) is 0 Å². The highest BCUT2D eigenvalue weighted by Crippen LogP contribution is 2.19. The van der Waals surface area contributed by atoms with Gasteiger partial charge in [-0.3, -0.25) is 0 Å². The number of rotatable bonds is 9. The summed E-state index contributed by atoms with van der Waals surface area (Å²) in [5, 5.41) is 8.94. The van der Waals surface area contributed by atoms with Gasteiger partial charge >= 0.3 is 5.97 Å². The second-order valence-corrected chi connectivity index (χ2v) is 5.66. The highest BCUT2D eigenvalue weighted by Gasteiger charge is 2.12. The van der Waals surface area contributed by atoms with E-state index in [-0.39, 0.29) is 0 Å². The standard InChI is InChI=1S/C18H26O3/c1-4-16(11-15(3)18(19)20)10-14(2)12-21-13-17-8-6-5-7-9-17/h5-9,11,14,16H,4,10,12-13H2,1-3H3,(H,19,20)/b15-11+. The molecule has 0 aliphatic carbocycles. The summed E-state index contributed by atoms with van der Waals surface area (Å²) in [6, 6.07) is 10.1. The van der Waals surface area contributed by atoms with Crippen LogP contribution >= 0.6 is 0 Å². The first-order valence-electron chi connectivity index (χ1n) is 7.56. The Morgan fingerprint density at radius 1 is 1.33 bits per heavy atom. The molecular formula is C18H26O3. The summed E-state index contributed by atoms with van der Waals surface area (Å²) in [7, 11) is 0. The third-order valence-corrected chi connectivity index (χ3v) is 3.57. The van der Waals surface area contributed by atoms with Gasteiger partial charge in [0.1, 0.15) is 0 Å². The van der Waals surface area contributed by atoms with Crippen LogP contribution in [0, 0.1) is 11.8 Å². The van der Waals surface area contributed by atoms with Crippen LogP contribution in [0.15, 0.2) is 42.0 Å². The van der Waals surface area contributed by atoms with Crippen LogP contribution in [0.1, 0.15) is 39.2 Å². The summed E-state index contributed by atoms with van der Waals surface area (Å²) in [6.45, 7) is 7.23. The van der Waals surface area contributed by atoms with E-state index in [1.54, 1.807) is 6.92 Å². The third-order valence-electron chi connectivity index (χ3n) is 3.57. The molecule has 0 amide bonds. The lowest BCUT2D eigenvalue weighted by Gasteiger charge is -2.17. The van der Waals surface area contributed by atoms with Gasteiger partial charge in [0.2, 0.25) is 0 Å². The zero-order chi connectivity index (χ0) is 15.7. The molecule has 1 N–H and O–H groups in total. The SMILES string of the molecule is CCC(/C=C(\C)C(=O)O)CC(C)COCc1ccccc1. The van der Waals surface area contributed by atoms with Gasteiger partial charge < -0.3 is 9.84 Å². The topological polar surface area (TPSA) is 46.5 Å². The second kappa shape index (κ2) is 9.35. The van der Waals surface area contributed by atoms with Gasteiger partial charge in [-0.05, 0) is 37.2 Å². The Hall–Kier alpha value is -1.61. The highest BCUT2D eigenvalue weighted by atomic mass is 16.5. The fourth-order valence-corrected chi connectivity index (χ4v) is 2.31. The predicted molar refractivity (Wildman–Crippen MR) is 85.1 cm³/mol. The Balaban J connectivity index is 2.36. The lowest BCUT2D eigenvalue weighted by molar-refractivity contribution is -0.132. The maximum Gasteiger partial charge on any atom is 0.330 e. The molecule has 0 aliphatic rings. The predicted octanol–water partition coefficient (Wildman–Crippen LogP) is 4.29. The maximum atomic E-state index is 10.9. The molecule has 21 heavy (non-hydrogen) atoms. The summed E-state index contributed by atoms with van der Waals surface area (Å²) in [5.41, 5.74) is 1.61. The average molecular weight is 290 g/mol. The number of carboxylic acid groups (broad SMARTS) is 1. The molecular weight excluding hydrogens is 264 g/mol. The molecule has 0 saturated carbocycles. The number of carboxylic acids is 1. The van der Waals surface area contributed by atoms with Gasteiger partial charge in [0.15, 0.2) is 0 Å². The van der Waals surface area contributed by atoms with Gasteiger partial charge in [0.25, 0.3) is 0 Å². The molecule has 1 aromatic rings. The molecule has 1 aromatic carbocycles. The summed E-state index contributed by atoms with van der Waals surface area (Å²) >= 11 is 0. The van der Waals surface area contributed by atoms with Gasteiger partial charge in [0, 0.05) is 12.2 Å². The fraction of sp³-hybridized carbons (Fsp3) is 0.500. The molecule has 2 unspecified atom stereocenters. The number of benzene rings is 1. The minimum atomic E-state index is -0.832. The zero-order valence-electron chi connectivity index (χ0n) is 13.2. The van der Waals surface area contributed by atoms with Gasteiger partial charge in [0.05, 0.1) is 6.61 Å². The number of hydrogen-bond acceptors (Lipinski definition) is 2. The lowest BCUT2D eigenvalue weighted by atomic mass is 9.92. The van der Waals surface area contributed by atoms with E-state index >= 15 is 0 Å². The lowest BCUT2D eigenvalue weighted by Crippen LogP contribution is -2.11. The normalized spacial score (nSPS) is 14.7. The summed E-state index contributed by atoms with van der Waals surface area (Å²) < 4.78 is 5.74. The van der Waals surface area contributed by atoms with Gasteiger partial charge in [-0.2, -0.15) is 0 Å². The quantitative estimate of drug-likeness (QED) is 0.690. The van der Waals surface area contributed by atoms with E-state index in [4.69, 9.17) is 9.84 Å². The van der Waals surface area contributed by atoms with Gasteiger partial charge in [-0.1, -0.05) is 50.3 Å². The zero-order valence-corrected chi connectivity index (χ0v) is 13.2. The number of allylic oxidation sites excluding steroid dienone is 1. The van der Waals surface area contributed by atoms with Crippen molar-refractivity contribution in [2.75, 3.05) is 6.61 Å². The van der Waals surface area contributed by atoms with Crippen LogP contribution in [-0.2, 0) is 16.1 Å². The van der Waals surface area contributed by atoms with E-state index in [1.807, 2.05) is 24.3 Å². The minimum Gasteiger partial charge on any atom is -0.478 e. The van der Waals surface area contributed by atoms with Crippen molar-refractivity contribution in [2.24, 2.45) is 11.8 Å². The van der Waals surface area contributed by atoms with E-state index in [1.165, 1.54) is 5.56 Å². The van der Waals surface area contributed by atoms with Crippen LogP contribution in [-0.4, -0.2) is 17.7 Å². The van der Waals surface area contributed by atoms with E-state index in [0.29, 0.717) is 30.6 Å². The molecule has 0 spiro atoms. The molecule has 1 rings (SSSR count). The fourth-order valence-electron chi connectivity index (χ4n) is 2.31. The van der Waals surface area contributed by atoms with E-state index in [0.717, 1.165) is 12.8 Å². The van der Waals surface area contributed by atoms with Crippen molar-refractivity contribution < 1.29 is 14.6 Å². The molecule has 0 radical (unpaired) electrons. The molecule has 3 nitrogen and oxygen atoms in total. The maximum absolute atomic E-state index is 10.9. The van der Waals surface area contributed by atoms with Crippen molar-refractivity contribution >= 4 is 5.97 Å². The monoisotopic (exact) mass is 290 g/mol. The van der Waals surface area contributed by atoms with Crippen molar-refractivity contribution in [3.05, 3.63) is 47.5 Å². The van der Waals surface area contributed by atoms with Crippen molar-refractivity contribution in [3.8, 4) is 0 Å². The summed E-state index contributed by atoms with van der Waals surface area (Å²) in [4.78, 5) is 10.9. The number of carbonyl (C=O) groups is 1. The summed E-state index contributed by atoms with van der Waals surface area (Å²) in [6.07, 6.45) is 3.78. The first-order chi connectivity index (χ1) is 10.0. The average Bonchev–Trinajstić information content (AvgIpc) is 2.47. The first kappa shape index (κ1) is 17.4. The van der Waals surface area contributed by atoms with Crippen molar-refractivity contribution in [2.45, 2.75) is 40.2 Å². The molecule has 116 valence electrons. The van der Waals surface area contributed by atoms with Crippen LogP contribution in [0.25, 0.3) is 0 Å².